The highest BCUT2D eigenvalue weighted by Gasteiger charge is 2.51. The van der Waals surface area contributed by atoms with Crippen LogP contribution >= 0.6 is 11.6 Å². The molecule has 1 amide bonds. The Labute approximate surface area is 197 Å². The zero-order valence-corrected chi connectivity index (χ0v) is 20.0. The van der Waals surface area contributed by atoms with E-state index in [1.54, 1.807) is 0 Å². The first-order valence-electron chi connectivity index (χ1n) is 10.4. The molecule has 0 aromatic heterocycles. The van der Waals surface area contributed by atoms with E-state index in [1.807, 2.05) is 0 Å². The molecule has 5 atom stereocenters. The molecule has 0 saturated carbocycles. The molecule has 0 aliphatic carbocycles. The molecule has 0 aromatic rings. The molecule has 1 saturated heterocycles. The Morgan fingerprint density at radius 1 is 0.818 bits per heavy atom. The van der Waals surface area contributed by atoms with E-state index in [2.05, 4.69) is 5.32 Å². The van der Waals surface area contributed by atoms with Crippen LogP contribution in [0.3, 0.4) is 0 Å². The number of hydrogen-bond donors (Lipinski definition) is 1. The topological polar surface area (TPSA) is 145 Å². The smallest absolute Gasteiger partial charge is 0.303 e. The Balaban J connectivity index is 2.95. The van der Waals surface area contributed by atoms with Crippen LogP contribution in [0.2, 0.25) is 0 Å². The van der Waals surface area contributed by atoms with E-state index in [0.29, 0.717) is 25.7 Å². The Bertz CT molecular complexity index is 648. The van der Waals surface area contributed by atoms with Crippen LogP contribution in [0, 0.1) is 0 Å². The number of nitrogens with one attached hydrogen (secondary N) is 1. The number of carbonyl (C=O) groups is 4. The first kappa shape index (κ1) is 29.0. The predicted molar refractivity (Wildman–Crippen MR) is 112 cm³/mol. The summed E-state index contributed by atoms with van der Waals surface area (Å²) in [4.78, 5) is 46.6. The van der Waals surface area contributed by atoms with Gasteiger partial charge in [0.25, 0.3) is 0 Å². The van der Waals surface area contributed by atoms with Gasteiger partial charge in [-0.15, -0.1) is 11.6 Å². The lowest BCUT2D eigenvalue weighted by Gasteiger charge is -2.44. The molecule has 12 nitrogen and oxygen atoms in total. The third kappa shape index (κ3) is 11.6. The lowest BCUT2D eigenvalue weighted by Crippen LogP contribution is -2.66. The van der Waals surface area contributed by atoms with Gasteiger partial charge in [0.1, 0.15) is 18.8 Å². The molecule has 1 rings (SSSR count). The molecule has 1 N–H and O–H groups in total. The highest BCUT2D eigenvalue weighted by atomic mass is 35.5. The van der Waals surface area contributed by atoms with Crippen LogP contribution in [0.5, 0.6) is 0 Å². The predicted octanol–water partition coefficient (Wildman–Crippen LogP) is -0.0689. The van der Waals surface area contributed by atoms with Crippen LogP contribution in [-0.4, -0.2) is 100.0 Å². The van der Waals surface area contributed by atoms with Gasteiger partial charge in [-0.25, -0.2) is 0 Å². The fraction of sp³-hybridized carbons (Fsp3) is 0.800. The molecular formula is C20H32ClNO11. The van der Waals surface area contributed by atoms with Crippen LogP contribution < -0.4 is 5.32 Å². The monoisotopic (exact) mass is 497 g/mol. The maximum absolute atomic E-state index is 11.8. The molecule has 13 heteroatoms. The summed E-state index contributed by atoms with van der Waals surface area (Å²) < 4.78 is 37.9. The molecule has 1 aliphatic heterocycles. The van der Waals surface area contributed by atoms with Gasteiger partial charge in [0.05, 0.1) is 33.0 Å². The number of rotatable bonds is 14. The molecule has 1 heterocycles. The standard InChI is InChI=1S/C20H32ClNO11/c1-12(23)22-17-19(32-15(4)26)18(31-14(3)25)16(11-30-13(2)24)33-20(17)29-10-9-28-8-7-27-6-5-21/h16-20H,5-11H2,1-4H3,(H,22,23)/t16-,17+,18-,19+,20-/m1/s1. The van der Waals surface area contributed by atoms with Gasteiger partial charge in [-0.1, -0.05) is 0 Å². The van der Waals surface area contributed by atoms with E-state index in [0.717, 1.165) is 6.92 Å². The van der Waals surface area contributed by atoms with Crippen molar-refractivity contribution in [2.75, 3.05) is 45.5 Å². The first-order chi connectivity index (χ1) is 15.6. The summed E-state index contributed by atoms with van der Waals surface area (Å²) in [6.45, 7) is 5.84. The zero-order valence-electron chi connectivity index (χ0n) is 19.2. The molecule has 0 bridgehead atoms. The van der Waals surface area contributed by atoms with Gasteiger partial charge in [-0.05, 0) is 0 Å². The molecule has 190 valence electrons. The zero-order chi connectivity index (χ0) is 24.8. The maximum atomic E-state index is 11.8. The number of carbonyl (C=O) groups excluding carboxylic acids is 4. The van der Waals surface area contributed by atoms with Crippen molar-refractivity contribution in [2.45, 2.75) is 58.3 Å². The Hall–Kier alpha value is -1.99. The van der Waals surface area contributed by atoms with E-state index in [-0.39, 0.29) is 19.8 Å². The lowest BCUT2D eigenvalue weighted by molar-refractivity contribution is -0.279. The van der Waals surface area contributed by atoms with Crippen LogP contribution in [-0.2, 0) is 52.3 Å². The second-order valence-corrected chi connectivity index (χ2v) is 7.38. The normalized spacial score (nSPS) is 24.6. The molecule has 33 heavy (non-hydrogen) atoms. The molecule has 1 fully saturated rings. The van der Waals surface area contributed by atoms with Crippen molar-refractivity contribution in [3.63, 3.8) is 0 Å². The molecule has 0 radical (unpaired) electrons. The minimum atomic E-state index is -1.17. The van der Waals surface area contributed by atoms with Crippen LogP contribution in [0.15, 0.2) is 0 Å². The van der Waals surface area contributed by atoms with Crippen LogP contribution in [0.4, 0.5) is 0 Å². The van der Waals surface area contributed by atoms with Crippen molar-refractivity contribution in [2.24, 2.45) is 0 Å². The van der Waals surface area contributed by atoms with Crippen molar-refractivity contribution in [3.8, 4) is 0 Å². The molecular weight excluding hydrogens is 466 g/mol. The number of esters is 3. The maximum Gasteiger partial charge on any atom is 0.303 e. The van der Waals surface area contributed by atoms with Gasteiger partial charge in [0, 0.05) is 33.6 Å². The number of ether oxygens (including phenoxy) is 7. The molecule has 0 aromatic carbocycles. The fourth-order valence-electron chi connectivity index (χ4n) is 3.03. The van der Waals surface area contributed by atoms with Gasteiger partial charge >= 0.3 is 17.9 Å². The summed E-state index contributed by atoms with van der Waals surface area (Å²) in [5.41, 5.74) is 0. The summed E-state index contributed by atoms with van der Waals surface area (Å²) in [6.07, 6.45) is -4.49. The number of halogens is 1. The fourth-order valence-corrected chi connectivity index (χ4v) is 3.14. The number of alkyl halides is 1. The van der Waals surface area contributed by atoms with E-state index in [4.69, 9.17) is 44.8 Å². The van der Waals surface area contributed by atoms with E-state index in [1.165, 1.54) is 20.8 Å². The summed E-state index contributed by atoms with van der Waals surface area (Å²) in [6, 6.07) is -1.02. The van der Waals surface area contributed by atoms with Crippen molar-refractivity contribution in [3.05, 3.63) is 0 Å². The molecule has 1 aliphatic rings. The molecule has 0 spiro atoms. The first-order valence-corrected chi connectivity index (χ1v) is 10.9. The van der Waals surface area contributed by atoms with Crippen molar-refractivity contribution < 1.29 is 52.3 Å². The largest absolute Gasteiger partial charge is 0.463 e. The summed E-state index contributed by atoms with van der Waals surface area (Å²) in [5.74, 6) is -2.02. The van der Waals surface area contributed by atoms with Crippen LogP contribution in [0.1, 0.15) is 27.7 Å². The highest BCUT2D eigenvalue weighted by molar-refractivity contribution is 6.17. The van der Waals surface area contributed by atoms with Gasteiger partial charge in [0.2, 0.25) is 5.91 Å². The van der Waals surface area contributed by atoms with E-state index >= 15 is 0 Å². The Kier molecular flexibility index (Phi) is 13.9. The average Bonchev–Trinajstić information content (AvgIpc) is 2.71. The number of hydrogen-bond acceptors (Lipinski definition) is 11. The average molecular weight is 498 g/mol. The summed E-state index contributed by atoms with van der Waals surface area (Å²) >= 11 is 5.52. The second-order valence-electron chi connectivity index (χ2n) is 7.00. The van der Waals surface area contributed by atoms with Gasteiger partial charge in [-0.2, -0.15) is 0 Å². The van der Waals surface area contributed by atoms with Crippen molar-refractivity contribution in [1.82, 2.24) is 5.32 Å². The summed E-state index contributed by atoms with van der Waals surface area (Å²) in [5, 5.41) is 2.61. The van der Waals surface area contributed by atoms with E-state index in [9.17, 15) is 19.2 Å². The Morgan fingerprint density at radius 3 is 1.94 bits per heavy atom. The van der Waals surface area contributed by atoms with Crippen LogP contribution in [0.25, 0.3) is 0 Å². The number of amides is 1. The second kappa shape index (κ2) is 15.8. The highest BCUT2D eigenvalue weighted by Crippen LogP contribution is 2.28. The Morgan fingerprint density at radius 2 is 1.39 bits per heavy atom. The van der Waals surface area contributed by atoms with Crippen molar-refractivity contribution in [1.29, 1.82) is 0 Å². The quantitative estimate of drug-likeness (QED) is 0.149. The van der Waals surface area contributed by atoms with Gasteiger partial charge in [-0.3, -0.25) is 19.2 Å². The van der Waals surface area contributed by atoms with Gasteiger partial charge < -0.3 is 38.5 Å². The van der Waals surface area contributed by atoms with Gasteiger partial charge in [0.15, 0.2) is 18.5 Å². The summed E-state index contributed by atoms with van der Waals surface area (Å²) in [7, 11) is 0. The minimum absolute atomic E-state index is 0.0571. The SMILES string of the molecule is CC(=O)N[C@@H]1[C@H](OCCOCCOCCCl)O[C@H](COC(C)=O)[C@@H](OC(C)=O)[C@H]1OC(C)=O. The van der Waals surface area contributed by atoms with E-state index < -0.39 is 54.5 Å². The third-order valence-corrected chi connectivity index (χ3v) is 4.33. The lowest BCUT2D eigenvalue weighted by atomic mass is 9.96. The molecule has 0 unspecified atom stereocenters. The van der Waals surface area contributed by atoms with Crippen molar-refractivity contribution >= 4 is 35.4 Å². The third-order valence-electron chi connectivity index (χ3n) is 4.17. The minimum Gasteiger partial charge on any atom is -0.463 e.